The van der Waals surface area contributed by atoms with Crippen LogP contribution in [-0.2, 0) is 0 Å². The molecule has 122 valence electrons. The third-order valence-electron chi connectivity index (χ3n) is 4.13. The molecule has 1 N–H and O–H groups in total. The number of nitrogens with zero attached hydrogens (tertiary/aromatic N) is 4. The number of aliphatic hydroxyl groups is 1. The van der Waals surface area contributed by atoms with Crippen molar-refractivity contribution in [1.29, 1.82) is 0 Å². The topological polar surface area (TPSA) is 82.7 Å². The van der Waals surface area contributed by atoms with Crippen LogP contribution < -0.4 is 4.90 Å². The highest BCUT2D eigenvalue weighted by atomic mass is 16.3. The van der Waals surface area contributed by atoms with Crippen LogP contribution >= 0.6 is 0 Å². The fourth-order valence-corrected chi connectivity index (χ4v) is 2.93. The zero-order chi connectivity index (χ0) is 16.4. The van der Waals surface area contributed by atoms with E-state index in [0.29, 0.717) is 25.3 Å². The number of pyridine rings is 1. The van der Waals surface area contributed by atoms with Crippen LogP contribution in [0.3, 0.4) is 0 Å². The number of aryl methyl sites for hydroxylation is 1. The lowest BCUT2D eigenvalue weighted by atomic mass is 10.0. The zero-order valence-corrected chi connectivity index (χ0v) is 13.3. The molecule has 1 aliphatic heterocycles. The summed E-state index contributed by atoms with van der Waals surface area (Å²) in [7, 11) is 1.66. The highest BCUT2D eigenvalue weighted by molar-refractivity contribution is 5.93. The summed E-state index contributed by atoms with van der Waals surface area (Å²) in [6, 6.07) is 5.69. The Morgan fingerprint density at radius 1 is 1.48 bits per heavy atom. The summed E-state index contributed by atoms with van der Waals surface area (Å²) in [5, 5.41) is 10.8. The summed E-state index contributed by atoms with van der Waals surface area (Å²) < 4.78 is 5.07. The Morgan fingerprint density at radius 2 is 2.30 bits per heavy atom. The summed E-state index contributed by atoms with van der Waals surface area (Å²) in [4.78, 5) is 24.1. The van der Waals surface area contributed by atoms with Crippen LogP contribution in [0.2, 0.25) is 0 Å². The van der Waals surface area contributed by atoms with E-state index in [0.717, 1.165) is 5.82 Å². The normalized spacial score (nSPS) is 20.7. The summed E-state index contributed by atoms with van der Waals surface area (Å²) in [6.45, 7) is 3.08. The standard InChI is InChI=1S/C16H20N4O3/c1-12-14(18-11-23-12)15(21)19(2)9-16(22)6-8-20(10-16)13-5-3-4-7-17-13/h3-5,7,11,22H,6,8-10H2,1-2H3/t16-/m1/s1. The van der Waals surface area contributed by atoms with Gasteiger partial charge in [-0.05, 0) is 25.5 Å². The minimum absolute atomic E-state index is 0.238. The van der Waals surface area contributed by atoms with E-state index in [9.17, 15) is 9.90 Å². The molecule has 0 bridgehead atoms. The van der Waals surface area contributed by atoms with E-state index in [-0.39, 0.29) is 18.1 Å². The molecule has 1 aliphatic rings. The summed E-state index contributed by atoms with van der Waals surface area (Å²) in [5.41, 5.74) is -0.671. The number of β-amino-alcohol motifs (C(OH)–C–C–N with tert-alkyl or cyclic N) is 1. The van der Waals surface area contributed by atoms with E-state index in [4.69, 9.17) is 4.42 Å². The first kappa shape index (κ1) is 15.5. The monoisotopic (exact) mass is 316 g/mol. The number of hydrogen-bond acceptors (Lipinski definition) is 6. The number of rotatable bonds is 4. The first-order chi connectivity index (χ1) is 11.0. The maximum absolute atomic E-state index is 12.4. The van der Waals surface area contributed by atoms with Gasteiger partial charge >= 0.3 is 0 Å². The molecular weight excluding hydrogens is 296 g/mol. The third-order valence-corrected chi connectivity index (χ3v) is 4.13. The molecule has 1 saturated heterocycles. The quantitative estimate of drug-likeness (QED) is 0.909. The van der Waals surface area contributed by atoms with Crippen LogP contribution in [-0.4, -0.2) is 58.2 Å². The number of carbonyl (C=O) groups excluding carboxylic acids is 1. The molecule has 1 amide bonds. The minimum Gasteiger partial charge on any atom is -0.448 e. The van der Waals surface area contributed by atoms with Crippen LogP contribution in [0.25, 0.3) is 0 Å². The van der Waals surface area contributed by atoms with Gasteiger partial charge in [0.05, 0.1) is 6.54 Å². The maximum Gasteiger partial charge on any atom is 0.275 e. The van der Waals surface area contributed by atoms with E-state index >= 15 is 0 Å². The fraction of sp³-hybridized carbons (Fsp3) is 0.438. The fourth-order valence-electron chi connectivity index (χ4n) is 2.93. The van der Waals surface area contributed by atoms with Crippen LogP contribution in [0.4, 0.5) is 5.82 Å². The Balaban J connectivity index is 1.66. The number of likely N-dealkylation sites (N-methyl/N-ethyl adjacent to an activating group) is 1. The molecule has 7 nitrogen and oxygen atoms in total. The smallest absolute Gasteiger partial charge is 0.275 e. The van der Waals surface area contributed by atoms with Gasteiger partial charge in [-0.25, -0.2) is 9.97 Å². The predicted molar refractivity (Wildman–Crippen MR) is 84.2 cm³/mol. The maximum atomic E-state index is 12.4. The average molecular weight is 316 g/mol. The lowest BCUT2D eigenvalue weighted by Gasteiger charge is -2.28. The van der Waals surface area contributed by atoms with Crippen LogP contribution in [0.1, 0.15) is 22.7 Å². The van der Waals surface area contributed by atoms with E-state index in [1.807, 2.05) is 23.1 Å². The van der Waals surface area contributed by atoms with E-state index < -0.39 is 5.60 Å². The van der Waals surface area contributed by atoms with Gasteiger partial charge in [0.15, 0.2) is 12.1 Å². The van der Waals surface area contributed by atoms with Crippen molar-refractivity contribution >= 4 is 11.7 Å². The summed E-state index contributed by atoms with van der Waals surface area (Å²) in [5.74, 6) is 1.07. The molecule has 0 saturated carbocycles. The SMILES string of the molecule is Cc1ocnc1C(=O)N(C)C[C@]1(O)CCN(c2ccccn2)C1. The largest absolute Gasteiger partial charge is 0.448 e. The van der Waals surface area contributed by atoms with Gasteiger partial charge < -0.3 is 19.3 Å². The first-order valence-corrected chi connectivity index (χ1v) is 7.52. The Hall–Kier alpha value is -2.41. The van der Waals surface area contributed by atoms with Crippen molar-refractivity contribution in [3.63, 3.8) is 0 Å². The molecule has 0 aliphatic carbocycles. The molecule has 2 aromatic rings. The van der Waals surface area contributed by atoms with Gasteiger partial charge in [-0.15, -0.1) is 0 Å². The number of carbonyl (C=O) groups is 1. The molecule has 3 rings (SSSR count). The lowest BCUT2D eigenvalue weighted by Crippen LogP contribution is -2.46. The van der Waals surface area contributed by atoms with Crippen molar-refractivity contribution in [1.82, 2.24) is 14.9 Å². The van der Waals surface area contributed by atoms with Gasteiger partial charge in [-0.3, -0.25) is 4.79 Å². The van der Waals surface area contributed by atoms with E-state index in [1.54, 1.807) is 20.2 Å². The van der Waals surface area contributed by atoms with Crippen LogP contribution in [0.5, 0.6) is 0 Å². The molecule has 2 aromatic heterocycles. The second-order valence-corrected chi connectivity index (χ2v) is 6.00. The molecule has 23 heavy (non-hydrogen) atoms. The van der Waals surface area contributed by atoms with Gasteiger partial charge in [-0.2, -0.15) is 0 Å². The number of aromatic nitrogens is 2. The Bertz CT molecular complexity index is 688. The van der Waals surface area contributed by atoms with Crippen molar-refractivity contribution in [2.24, 2.45) is 0 Å². The summed E-state index contributed by atoms with van der Waals surface area (Å²) in [6.07, 6.45) is 3.57. The second kappa shape index (κ2) is 6.00. The molecular formula is C16H20N4O3. The van der Waals surface area contributed by atoms with Crippen LogP contribution in [0.15, 0.2) is 35.2 Å². The lowest BCUT2D eigenvalue weighted by molar-refractivity contribution is 0.0261. The molecule has 7 heteroatoms. The number of anilines is 1. The summed E-state index contributed by atoms with van der Waals surface area (Å²) >= 11 is 0. The predicted octanol–water partition coefficient (Wildman–Crippen LogP) is 1.09. The minimum atomic E-state index is -0.959. The van der Waals surface area contributed by atoms with Crippen molar-refractivity contribution in [2.75, 3.05) is 31.6 Å². The second-order valence-electron chi connectivity index (χ2n) is 6.00. The number of amides is 1. The zero-order valence-electron chi connectivity index (χ0n) is 13.3. The van der Waals surface area contributed by atoms with Crippen molar-refractivity contribution in [3.8, 4) is 0 Å². The van der Waals surface area contributed by atoms with Gasteiger partial charge in [0.1, 0.15) is 17.2 Å². The van der Waals surface area contributed by atoms with Crippen molar-refractivity contribution in [3.05, 3.63) is 42.2 Å². The van der Waals surface area contributed by atoms with Gasteiger partial charge in [0.2, 0.25) is 0 Å². The molecule has 0 spiro atoms. The first-order valence-electron chi connectivity index (χ1n) is 7.52. The highest BCUT2D eigenvalue weighted by Crippen LogP contribution is 2.26. The van der Waals surface area contributed by atoms with Gasteiger partial charge in [-0.1, -0.05) is 6.07 Å². The average Bonchev–Trinajstić information content (AvgIpc) is 3.13. The molecule has 0 radical (unpaired) electrons. The molecule has 1 fully saturated rings. The van der Waals surface area contributed by atoms with Gasteiger partial charge in [0.25, 0.3) is 5.91 Å². The van der Waals surface area contributed by atoms with Crippen LogP contribution in [0, 0.1) is 6.92 Å². The Morgan fingerprint density at radius 3 is 2.96 bits per heavy atom. The van der Waals surface area contributed by atoms with Gasteiger partial charge in [0, 0.05) is 26.3 Å². The third kappa shape index (κ3) is 3.19. The Labute approximate surface area is 134 Å². The van der Waals surface area contributed by atoms with E-state index in [1.165, 1.54) is 11.3 Å². The van der Waals surface area contributed by atoms with E-state index in [2.05, 4.69) is 9.97 Å². The molecule has 0 unspecified atom stereocenters. The van der Waals surface area contributed by atoms with Crippen molar-refractivity contribution < 1.29 is 14.3 Å². The number of oxazole rings is 1. The van der Waals surface area contributed by atoms with Crippen molar-refractivity contribution in [2.45, 2.75) is 18.9 Å². The molecule has 3 heterocycles. The molecule has 0 aromatic carbocycles. The number of hydrogen-bond donors (Lipinski definition) is 1. The Kier molecular flexibility index (Phi) is 4.04. The molecule has 1 atom stereocenters. The highest BCUT2D eigenvalue weighted by Gasteiger charge is 2.38.